The van der Waals surface area contributed by atoms with Crippen LogP contribution in [0.2, 0.25) is 0 Å². The summed E-state index contributed by atoms with van der Waals surface area (Å²) in [5.74, 6) is 1.50. The Morgan fingerprint density at radius 1 is 1.22 bits per heavy atom. The maximum atomic E-state index is 12.6. The number of ether oxygens (including phenoxy) is 1. The van der Waals surface area contributed by atoms with Crippen molar-refractivity contribution in [2.75, 3.05) is 13.7 Å². The first-order valence-electron chi connectivity index (χ1n) is 8.63. The Morgan fingerprint density at radius 3 is 2.70 bits per heavy atom. The number of carbonyl (C=O) groups excluding carboxylic acids is 1. The van der Waals surface area contributed by atoms with Gasteiger partial charge in [-0.2, -0.15) is 4.98 Å². The summed E-state index contributed by atoms with van der Waals surface area (Å²) in [5.41, 5.74) is 1.42. The fraction of sp³-hybridized carbons (Fsp3) is 0.250. The molecule has 27 heavy (non-hydrogen) atoms. The summed E-state index contributed by atoms with van der Waals surface area (Å²) in [6.07, 6.45) is 0.940. The van der Waals surface area contributed by atoms with Gasteiger partial charge in [0.25, 0.3) is 5.91 Å². The average molecular weight is 430 g/mol. The molecule has 0 fully saturated rings. The van der Waals surface area contributed by atoms with E-state index in [1.807, 2.05) is 31.2 Å². The third-order valence-electron chi connectivity index (χ3n) is 3.84. The first-order chi connectivity index (χ1) is 13.1. The molecular formula is C20H20BrN3O3. The highest BCUT2D eigenvalue weighted by Gasteiger charge is 2.16. The van der Waals surface area contributed by atoms with E-state index in [1.54, 1.807) is 36.2 Å². The summed E-state index contributed by atoms with van der Waals surface area (Å²) in [4.78, 5) is 18.5. The lowest BCUT2D eigenvalue weighted by Crippen LogP contribution is -2.26. The van der Waals surface area contributed by atoms with Gasteiger partial charge in [0.1, 0.15) is 5.75 Å². The van der Waals surface area contributed by atoms with Crippen LogP contribution >= 0.6 is 15.9 Å². The summed E-state index contributed by atoms with van der Waals surface area (Å²) in [6.45, 7) is 2.94. The molecule has 0 radical (unpaired) electrons. The quantitative estimate of drug-likeness (QED) is 0.550. The highest BCUT2D eigenvalue weighted by molar-refractivity contribution is 9.10. The Kier molecular flexibility index (Phi) is 6.24. The van der Waals surface area contributed by atoms with Crippen LogP contribution in [0.1, 0.15) is 29.6 Å². The molecule has 3 rings (SSSR count). The molecule has 0 saturated carbocycles. The van der Waals surface area contributed by atoms with Crippen LogP contribution in [-0.4, -0.2) is 34.6 Å². The highest BCUT2D eigenvalue weighted by atomic mass is 79.9. The molecule has 0 unspecified atom stereocenters. The van der Waals surface area contributed by atoms with Gasteiger partial charge in [-0.15, -0.1) is 0 Å². The molecule has 0 saturated heterocycles. The van der Waals surface area contributed by atoms with Crippen molar-refractivity contribution in [2.45, 2.75) is 19.9 Å². The van der Waals surface area contributed by atoms with Crippen LogP contribution in [-0.2, 0) is 6.54 Å². The van der Waals surface area contributed by atoms with Crippen molar-refractivity contribution in [1.82, 2.24) is 15.0 Å². The van der Waals surface area contributed by atoms with Crippen molar-refractivity contribution >= 4 is 21.8 Å². The predicted octanol–water partition coefficient (Wildman–Crippen LogP) is 4.56. The molecule has 2 aromatic carbocycles. The van der Waals surface area contributed by atoms with E-state index in [0.717, 1.165) is 22.2 Å². The summed E-state index contributed by atoms with van der Waals surface area (Å²) in [5, 5.41) is 3.99. The van der Waals surface area contributed by atoms with Gasteiger partial charge < -0.3 is 14.2 Å². The van der Waals surface area contributed by atoms with Crippen LogP contribution < -0.4 is 4.74 Å². The van der Waals surface area contributed by atoms with Gasteiger partial charge in [0.15, 0.2) is 0 Å². The van der Waals surface area contributed by atoms with Crippen LogP contribution in [0.15, 0.2) is 57.5 Å². The number of aromatic nitrogens is 2. The zero-order chi connectivity index (χ0) is 19.2. The first-order valence-corrected chi connectivity index (χ1v) is 9.43. The van der Waals surface area contributed by atoms with Gasteiger partial charge in [-0.1, -0.05) is 40.1 Å². The molecule has 1 aromatic heterocycles. The lowest BCUT2D eigenvalue weighted by molar-refractivity contribution is 0.0769. The number of nitrogens with zero attached hydrogens (tertiary/aromatic N) is 3. The maximum absolute atomic E-state index is 12.6. The number of benzene rings is 2. The third kappa shape index (κ3) is 4.95. The van der Waals surface area contributed by atoms with Crippen molar-refractivity contribution in [3.05, 3.63) is 64.5 Å². The molecule has 3 aromatic rings. The minimum atomic E-state index is -0.126. The Balaban J connectivity index is 1.64. The topological polar surface area (TPSA) is 68.5 Å². The number of carbonyl (C=O) groups is 1. The van der Waals surface area contributed by atoms with Crippen molar-refractivity contribution in [1.29, 1.82) is 0 Å². The van der Waals surface area contributed by atoms with Crippen molar-refractivity contribution in [2.24, 2.45) is 0 Å². The smallest absolute Gasteiger partial charge is 0.254 e. The number of halogens is 1. The predicted molar refractivity (Wildman–Crippen MR) is 105 cm³/mol. The second-order valence-electron chi connectivity index (χ2n) is 6.06. The summed E-state index contributed by atoms with van der Waals surface area (Å²) >= 11 is 3.42. The Morgan fingerprint density at radius 2 is 2.00 bits per heavy atom. The van der Waals surface area contributed by atoms with E-state index < -0.39 is 0 Å². The average Bonchev–Trinajstić information content (AvgIpc) is 3.14. The molecule has 0 spiro atoms. The summed E-state index contributed by atoms with van der Waals surface area (Å²) in [6, 6.07) is 14.7. The zero-order valence-corrected chi connectivity index (χ0v) is 16.8. The molecule has 0 aliphatic heterocycles. The van der Waals surface area contributed by atoms with Crippen LogP contribution in [0.4, 0.5) is 0 Å². The zero-order valence-electron chi connectivity index (χ0n) is 15.2. The van der Waals surface area contributed by atoms with Crippen molar-refractivity contribution in [3.8, 4) is 17.1 Å². The van der Waals surface area contributed by atoms with Gasteiger partial charge in [-0.25, -0.2) is 0 Å². The molecule has 0 bridgehead atoms. The van der Waals surface area contributed by atoms with Gasteiger partial charge in [0.2, 0.25) is 11.7 Å². The lowest BCUT2D eigenvalue weighted by Gasteiger charge is -2.15. The van der Waals surface area contributed by atoms with E-state index in [-0.39, 0.29) is 12.5 Å². The Labute approximate surface area is 166 Å². The standard InChI is InChI=1S/C20H20BrN3O3/c1-3-11-26-17-9-7-14(8-10-17)20(25)24(2)13-18-22-19(23-27-18)15-5-4-6-16(21)12-15/h4-10,12H,3,11,13H2,1-2H3. The monoisotopic (exact) mass is 429 g/mol. The van der Waals surface area contributed by atoms with E-state index >= 15 is 0 Å². The van der Waals surface area contributed by atoms with E-state index in [1.165, 1.54) is 0 Å². The minimum absolute atomic E-state index is 0.126. The van der Waals surface area contributed by atoms with Gasteiger partial charge in [-0.3, -0.25) is 4.79 Å². The Hall–Kier alpha value is -2.67. The molecule has 0 aliphatic carbocycles. The summed E-state index contributed by atoms with van der Waals surface area (Å²) < 4.78 is 11.8. The van der Waals surface area contributed by atoms with Crippen LogP contribution in [0, 0.1) is 0 Å². The van der Waals surface area contributed by atoms with Gasteiger partial charge in [-0.05, 0) is 42.8 Å². The van der Waals surface area contributed by atoms with Crippen LogP contribution in [0.5, 0.6) is 5.75 Å². The molecule has 0 aliphatic rings. The minimum Gasteiger partial charge on any atom is -0.494 e. The lowest BCUT2D eigenvalue weighted by atomic mass is 10.2. The fourth-order valence-corrected chi connectivity index (χ4v) is 2.87. The van der Waals surface area contributed by atoms with Gasteiger partial charge in [0.05, 0.1) is 13.2 Å². The molecule has 0 N–H and O–H groups in total. The van der Waals surface area contributed by atoms with E-state index in [9.17, 15) is 4.79 Å². The second kappa shape index (κ2) is 8.81. The third-order valence-corrected chi connectivity index (χ3v) is 4.34. The first kappa shape index (κ1) is 19.1. The Bertz CT molecular complexity index is 909. The van der Waals surface area contributed by atoms with Gasteiger partial charge >= 0.3 is 0 Å². The molecule has 0 atom stereocenters. The molecule has 1 heterocycles. The van der Waals surface area contributed by atoms with Crippen LogP contribution in [0.25, 0.3) is 11.4 Å². The SMILES string of the molecule is CCCOc1ccc(C(=O)N(C)Cc2nc(-c3cccc(Br)c3)no2)cc1. The van der Waals surface area contributed by atoms with E-state index in [2.05, 4.69) is 26.1 Å². The second-order valence-corrected chi connectivity index (χ2v) is 6.97. The molecule has 1 amide bonds. The largest absolute Gasteiger partial charge is 0.494 e. The number of hydrogen-bond donors (Lipinski definition) is 0. The normalized spacial score (nSPS) is 10.6. The van der Waals surface area contributed by atoms with Gasteiger partial charge in [0, 0.05) is 22.6 Å². The molecular weight excluding hydrogens is 410 g/mol. The molecule has 140 valence electrons. The number of rotatable bonds is 7. The van der Waals surface area contributed by atoms with E-state index in [4.69, 9.17) is 9.26 Å². The molecule has 6 nitrogen and oxygen atoms in total. The number of hydrogen-bond acceptors (Lipinski definition) is 5. The maximum Gasteiger partial charge on any atom is 0.254 e. The number of amides is 1. The van der Waals surface area contributed by atoms with Crippen molar-refractivity contribution in [3.63, 3.8) is 0 Å². The van der Waals surface area contributed by atoms with E-state index in [0.29, 0.717) is 23.9 Å². The molecule has 7 heteroatoms. The fourth-order valence-electron chi connectivity index (χ4n) is 2.47. The highest BCUT2D eigenvalue weighted by Crippen LogP contribution is 2.21. The van der Waals surface area contributed by atoms with Crippen LogP contribution in [0.3, 0.4) is 0 Å². The van der Waals surface area contributed by atoms with Crippen molar-refractivity contribution < 1.29 is 14.1 Å². The summed E-state index contributed by atoms with van der Waals surface area (Å²) in [7, 11) is 1.70.